The maximum absolute atomic E-state index is 11.7. The number of rotatable bonds is 2. The first-order valence-electron chi connectivity index (χ1n) is 5.00. The standard InChI is InChI=1S/C13H12O3/c1-9-5-3-6-10(2)12(9)16-13(14)11-7-4-8-15-11/h3-8H,1-2H3. The molecule has 0 saturated carbocycles. The Morgan fingerprint density at radius 3 is 2.38 bits per heavy atom. The molecule has 0 aliphatic rings. The third-order valence-electron chi connectivity index (χ3n) is 2.33. The molecule has 0 atom stereocenters. The van der Waals surface area contributed by atoms with Crippen LogP contribution in [0.2, 0.25) is 0 Å². The second kappa shape index (κ2) is 4.23. The van der Waals surface area contributed by atoms with E-state index in [0.717, 1.165) is 11.1 Å². The van der Waals surface area contributed by atoms with E-state index in [2.05, 4.69) is 0 Å². The van der Waals surface area contributed by atoms with Crippen LogP contribution in [0.5, 0.6) is 5.75 Å². The van der Waals surface area contributed by atoms with Crippen molar-refractivity contribution in [3.05, 3.63) is 53.5 Å². The van der Waals surface area contributed by atoms with Gasteiger partial charge in [0, 0.05) is 0 Å². The van der Waals surface area contributed by atoms with Gasteiger partial charge in [0.25, 0.3) is 0 Å². The van der Waals surface area contributed by atoms with Gasteiger partial charge >= 0.3 is 5.97 Å². The Labute approximate surface area is 93.7 Å². The highest BCUT2D eigenvalue weighted by molar-refractivity contribution is 5.88. The fraction of sp³-hybridized carbons (Fsp3) is 0.154. The van der Waals surface area contributed by atoms with Crippen molar-refractivity contribution < 1.29 is 13.9 Å². The number of ether oxygens (including phenoxy) is 1. The van der Waals surface area contributed by atoms with Crippen LogP contribution in [0.1, 0.15) is 21.7 Å². The molecule has 0 N–H and O–H groups in total. The van der Waals surface area contributed by atoms with E-state index in [9.17, 15) is 4.79 Å². The van der Waals surface area contributed by atoms with Gasteiger partial charge in [0.1, 0.15) is 5.75 Å². The zero-order valence-corrected chi connectivity index (χ0v) is 9.19. The summed E-state index contributed by atoms with van der Waals surface area (Å²) in [4.78, 5) is 11.7. The first-order valence-corrected chi connectivity index (χ1v) is 5.00. The smallest absolute Gasteiger partial charge is 0.379 e. The van der Waals surface area contributed by atoms with Crippen LogP contribution >= 0.6 is 0 Å². The molecule has 0 bridgehead atoms. The van der Waals surface area contributed by atoms with Crippen molar-refractivity contribution in [3.8, 4) is 5.75 Å². The number of aryl methyl sites for hydroxylation is 2. The van der Waals surface area contributed by atoms with Gasteiger partial charge < -0.3 is 9.15 Å². The number of carbonyl (C=O) groups excluding carboxylic acids is 1. The molecule has 0 fully saturated rings. The number of para-hydroxylation sites is 1. The number of benzene rings is 1. The maximum atomic E-state index is 11.7. The summed E-state index contributed by atoms with van der Waals surface area (Å²) >= 11 is 0. The molecule has 2 aromatic rings. The van der Waals surface area contributed by atoms with Gasteiger partial charge in [0.05, 0.1) is 6.26 Å². The first kappa shape index (κ1) is 10.5. The molecule has 0 unspecified atom stereocenters. The summed E-state index contributed by atoms with van der Waals surface area (Å²) in [6.07, 6.45) is 1.45. The summed E-state index contributed by atoms with van der Waals surface area (Å²) in [5.74, 6) is 0.342. The van der Waals surface area contributed by atoms with Crippen molar-refractivity contribution in [3.63, 3.8) is 0 Å². The molecule has 0 spiro atoms. The van der Waals surface area contributed by atoms with E-state index in [1.54, 1.807) is 12.1 Å². The van der Waals surface area contributed by atoms with Crippen molar-refractivity contribution in [1.82, 2.24) is 0 Å². The Hall–Kier alpha value is -2.03. The van der Waals surface area contributed by atoms with Crippen LogP contribution in [0.15, 0.2) is 41.0 Å². The fourth-order valence-electron chi connectivity index (χ4n) is 1.50. The van der Waals surface area contributed by atoms with Gasteiger partial charge in [-0.25, -0.2) is 4.79 Å². The lowest BCUT2D eigenvalue weighted by molar-refractivity contribution is 0.0699. The Balaban J connectivity index is 2.25. The Morgan fingerprint density at radius 2 is 1.81 bits per heavy atom. The minimum absolute atomic E-state index is 0.211. The van der Waals surface area contributed by atoms with E-state index in [4.69, 9.17) is 9.15 Å². The molecule has 1 heterocycles. The van der Waals surface area contributed by atoms with Crippen molar-refractivity contribution in [2.24, 2.45) is 0 Å². The van der Waals surface area contributed by atoms with Gasteiger partial charge in [-0.2, -0.15) is 0 Å². The molecule has 2 rings (SSSR count). The molecule has 0 amide bonds. The van der Waals surface area contributed by atoms with Gasteiger partial charge in [-0.15, -0.1) is 0 Å². The van der Waals surface area contributed by atoms with Crippen molar-refractivity contribution in [2.45, 2.75) is 13.8 Å². The highest BCUT2D eigenvalue weighted by atomic mass is 16.5. The Bertz CT molecular complexity index is 478. The molecule has 82 valence electrons. The quantitative estimate of drug-likeness (QED) is 0.572. The average molecular weight is 216 g/mol. The number of furan rings is 1. The first-order chi connectivity index (χ1) is 7.68. The van der Waals surface area contributed by atoms with Crippen LogP contribution in [-0.2, 0) is 0 Å². The van der Waals surface area contributed by atoms with E-state index in [-0.39, 0.29) is 5.76 Å². The molecule has 0 saturated heterocycles. The molecule has 0 aliphatic heterocycles. The summed E-state index contributed by atoms with van der Waals surface area (Å²) in [7, 11) is 0. The van der Waals surface area contributed by atoms with Crippen molar-refractivity contribution in [2.75, 3.05) is 0 Å². The van der Waals surface area contributed by atoms with Gasteiger partial charge in [-0.1, -0.05) is 18.2 Å². The second-order valence-corrected chi connectivity index (χ2v) is 3.59. The zero-order chi connectivity index (χ0) is 11.5. The summed E-state index contributed by atoms with van der Waals surface area (Å²) in [5, 5.41) is 0. The van der Waals surface area contributed by atoms with Crippen LogP contribution in [-0.4, -0.2) is 5.97 Å². The monoisotopic (exact) mass is 216 g/mol. The van der Waals surface area contributed by atoms with E-state index in [1.165, 1.54) is 6.26 Å². The minimum Gasteiger partial charge on any atom is -0.457 e. The van der Waals surface area contributed by atoms with E-state index < -0.39 is 5.97 Å². The summed E-state index contributed by atoms with van der Waals surface area (Å²) in [6.45, 7) is 3.80. The largest absolute Gasteiger partial charge is 0.457 e. The predicted octanol–water partition coefficient (Wildman–Crippen LogP) is 3.12. The van der Waals surface area contributed by atoms with Crippen LogP contribution in [0, 0.1) is 13.8 Å². The molecule has 3 nitrogen and oxygen atoms in total. The van der Waals surface area contributed by atoms with Gasteiger partial charge in [0.15, 0.2) is 0 Å². The number of hydrogen-bond acceptors (Lipinski definition) is 3. The second-order valence-electron chi connectivity index (χ2n) is 3.59. The lowest BCUT2D eigenvalue weighted by Crippen LogP contribution is -2.09. The topological polar surface area (TPSA) is 39.4 Å². The predicted molar refractivity (Wildman–Crippen MR) is 59.6 cm³/mol. The van der Waals surface area contributed by atoms with Gasteiger partial charge in [-0.05, 0) is 37.1 Å². The summed E-state index contributed by atoms with van der Waals surface area (Å²) in [6, 6.07) is 8.96. The average Bonchev–Trinajstić information content (AvgIpc) is 2.76. The molecule has 1 aromatic heterocycles. The highest BCUT2D eigenvalue weighted by Gasteiger charge is 2.13. The van der Waals surface area contributed by atoms with Crippen LogP contribution in [0.25, 0.3) is 0 Å². The molecular formula is C13H12O3. The third-order valence-corrected chi connectivity index (χ3v) is 2.33. The summed E-state index contributed by atoms with van der Waals surface area (Å²) in [5.41, 5.74) is 1.86. The Morgan fingerprint density at radius 1 is 1.12 bits per heavy atom. The zero-order valence-electron chi connectivity index (χ0n) is 9.19. The minimum atomic E-state index is -0.470. The van der Waals surface area contributed by atoms with Gasteiger partial charge in [0.2, 0.25) is 5.76 Å². The normalized spacial score (nSPS) is 10.1. The molecular weight excluding hydrogens is 204 g/mol. The number of esters is 1. The van der Waals surface area contributed by atoms with Crippen LogP contribution in [0.4, 0.5) is 0 Å². The maximum Gasteiger partial charge on any atom is 0.379 e. The molecule has 1 aromatic carbocycles. The van der Waals surface area contributed by atoms with Crippen molar-refractivity contribution >= 4 is 5.97 Å². The number of carbonyl (C=O) groups is 1. The van der Waals surface area contributed by atoms with Crippen LogP contribution in [0.3, 0.4) is 0 Å². The Kier molecular flexibility index (Phi) is 2.77. The van der Waals surface area contributed by atoms with E-state index in [0.29, 0.717) is 5.75 Å². The fourth-order valence-corrected chi connectivity index (χ4v) is 1.50. The number of hydrogen-bond donors (Lipinski definition) is 0. The van der Waals surface area contributed by atoms with Crippen molar-refractivity contribution in [1.29, 1.82) is 0 Å². The molecule has 3 heteroatoms. The van der Waals surface area contributed by atoms with Crippen LogP contribution < -0.4 is 4.74 Å². The lowest BCUT2D eigenvalue weighted by atomic mass is 10.1. The SMILES string of the molecule is Cc1cccc(C)c1OC(=O)c1ccco1. The highest BCUT2D eigenvalue weighted by Crippen LogP contribution is 2.23. The third kappa shape index (κ3) is 1.98. The molecule has 0 aliphatic carbocycles. The van der Waals surface area contributed by atoms with E-state index >= 15 is 0 Å². The molecule has 16 heavy (non-hydrogen) atoms. The molecule has 0 radical (unpaired) electrons. The lowest BCUT2D eigenvalue weighted by Gasteiger charge is -2.08. The van der Waals surface area contributed by atoms with Gasteiger partial charge in [-0.3, -0.25) is 0 Å². The van der Waals surface area contributed by atoms with E-state index in [1.807, 2.05) is 32.0 Å². The summed E-state index contributed by atoms with van der Waals surface area (Å²) < 4.78 is 10.3.